The lowest BCUT2D eigenvalue weighted by molar-refractivity contribution is -0.141. The fourth-order valence-corrected chi connectivity index (χ4v) is 1.80. The number of nitrogens with one attached hydrogen (secondary N) is 2. The zero-order valence-corrected chi connectivity index (χ0v) is 11.8. The second kappa shape index (κ2) is 8.14. The number of aryl methyl sites for hydroxylation is 1. The topological polar surface area (TPSA) is 91.3 Å². The van der Waals surface area contributed by atoms with Gasteiger partial charge in [-0.15, -0.1) is 0 Å². The molecule has 1 rings (SSSR count). The lowest BCUT2D eigenvalue weighted by Crippen LogP contribution is -2.39. The van der Waals surface area contributed by atoms with Crippen LogP contribution in [-0.2, 0) is 11.3 Å². The number of carbonyl (C=O) groups excluding carboxylic acids is 1. The Hall–Kier alpha value is -2.11. The highest BCUT2D eigenvalue weighted by molar-refractivity contribution is 5.75. The van der Waals surface area contributed by atoms with E-state index in [1.54, 1.807) is 12.4 Å². The largest absolute Gasteiger partial charge is 0.481 e. The molecule has 0 saturated carbocycles. The number of hydrogen-bond donors (Lipinski definition) is 3. The second-order valence-electron chi connectivity index (χ2n) is 4.69. The first-order valence-electron chi connectivity index (χ1n) is 6.68. The highest BCUT2D eigenvalue weighted by Gasteiger charge is 2.16. The minimum Gasteiger partial charge on any atom is -0.481 e. The third kappa shape index (κ3) is 5.26. The van der Waals surface area contributed by atoms with Crippen molar-refractivity contribution in [1.82, 2.24) is 15.6 Å². The second-order valence-corrected chi connectivity index (χ2v) is 4.69. The first-order chi connectivity index (χ1) is 9.54. The molecule has 110 valence electrons. The van der Waals surface area contributed by atoms with E-state index < -0.39 is 11.9 Å². The lowest BCUT2D eigenvalue weighted by Gasteiger charge is -2.13. The molecule has 6 nitrogen and oxygen atoms in total. The maximum atomic E-state index is 11.6. The van der Waals surface area contributed by atoms with Crippen LogP contribution < -0.4 is 10.6 Å². The van der Waals surface area contributed by atoms with E-state index in [1.165, 1.54) is 0 Å². The Morgan fingerprint density at radius 3 is 2.75 bits per heavy atom. The summed E-state index contributed by atoms with van der Waals surface area (Å²) in [6, 6.07) is 1.51. The molecule has 0 spiro atoms. The molecule has 3 N–H and O–H groups in total. The summed E-state index contributed by atoms with van der Waals surface area (Å²) in [4.78, 5) is 26.6. The first kappa shape index (κ1) is 15.9. The van der Waals surface area contributed by atoms with Gasteiger partial charge < -0.3 is 15.7 Å². The van der Waals surface area contributed by atoms with Crippen molar-refractivity contribution < 1.29 is 14.7 Å². The number of hydrogen-bond acceptors (Lipinski definition) is 3. The summed E-state index contributed by atoms with van der Waals surface area (Å²) in [5, 5.41) is 14.3. The number of nitrogens with zero attached hydrogens (tertiary/aromatic N) is 1. The number of amides is 2. The van der Waals surface area contributed by atoms with Gasteiger partial charge in [0.15, 0.2) is 0 Å². The molecular weight excluding hydrogens is 258 g/mol. The Bertz CT molecular complexity index is 463. The number of carboxylic acid groups (broad SMARTS) is 1. The summed E-state index contributed by atoms with van der Waals surface area (Å²) in [5.41, 5.74) is 1.99. The zero-order valence-electron chi connectivity index (χ0n) is 11.8. The van der Waals surface area contributed by atoms with Crippen molar-refractivity contribution in [2.45, 2.75) is 33.2 Å². The Morgan fingerprint density at radius 2 is 2.15 bits per heavy atom. The van der Waals surface area contributed by atoms with Crippen LogP contribution in [0.3, 0.4) is 0 Å². The van der Waals surface area contributed by atoms with E-state index >= 15 is 0 Å². The number of rotatable bonds is 7. The van der Waals surface area contributed by atoms with Crippen molar-refractivity contribution in [3.05, 3.63) is 29.6 Å². The van der Waals surface area contributed by atoms with Crippen LogP contribution in [0.2, 0.25) is 0 Å². The number of carbonyl (C=O) groups is 2. The number of aromatic nitrogens is 1. The molecule has 0 aliphatic rings. The molecule has 0 fully saturated rings. The number of aliphatic carboxylic acids is 1. The Kier molecular flexibility index (Phi) is 6.49. The average molecular weight is 279 g/mol. The summed E-state index contributed by atoms with van der Waals surface area (Å²) in [5.74, 6) is -1.42. The molecule has 1 heterocycles. The Balaban J connectivity index is 2.37. The van der Waals surface area contributed by atoms with Crippen molar-refractivity contribution in [3.8, 4) is 0 Å². The van der Waals surface area contributed by atoms with Gasteiger partial charge in [-0.2, -0.15) is 0 Å². The van der Waals surface area contributed by atoms with Crippen LogP contribution in [-0.4, -0.2) is 28.6 Å². The molecule has 0 saturated heterocycles. The summed E-state index contributed by atoms with van der Waals surface area (Å²) in [6.45, 7) is 4.37. The quantitative estimate of drug-likeness (QED) is 0.708. The maximum absolute atomic E-state index is 11.6. The number of carboxylic acids is 1. The van der Waals surface area contributed by atoms with Crippen molar-refractivity contribution in [2.75, 3.05) is 6.54 Å². The normalized spacial score (nSPS) is 11.7. The average Bonchev–Trinajstić information content (AvgIpc) is 2.42. The van der Waals surface area contributed by atoms with Gasteiger partial charge in [0, 0.05) is 25.5 Å². The van der Waals surface area contributed by atoms with Gasteiger partial charge in [0.1, 0.15) is 0 Å². The van der Waals surface area contributed by atoms with Gasteiger partial charge in [0.25, 0.3) is 0 Å². The first-order valence-corrected chi connectivity index (χ1v) is 6.68. The van der Waals surface area contributed by atoms with Crippen LogP contribution in [0, 0.1) is 12.8 Å². The highest BCUT2D eigenvalue weighted by atomic mass is 16.4. The maximum Gasteiger partial charge on any atom is 0.315 e. The molecule has 2 amide bonds. The van der Waals surface area contributed by atoms with Crippen LogP contribution in [0.1, 0.15) is 30.9 Å². The number of pyridine rings is 1. The van der Waals surface area contributed by atoms with Crippen molar-refractivity contribution in [3.63, 3.8) is 0 Å². The van der Waals surface area contributed by atoms with E-state index in [4.69, 9.17) is 5.11 Å². The van der Waals surface area contributed by atoms with Gasteiger partial charge in [-0.05, 0) is 30.5 Å². The molecule has 0 aliphatic heterocycles. The van der Waals surface area contributed by atoms with Gasteiger partial charge in [-0.3, -0.25) is 9.78 Å². The summed E-state index contributed by atoms with van der Waals surface area (Å²) in [6.07, 6.45) is 4.72. The molecule has 0 radical (unpaired) electrons. The number of urea groups is 1. The predicted octanol–water partition coefficient (Wildman–Crippen LogP) is 1.69. The molecule has 1 atom stereocenters. The molecule has 1 aromatic heterocycles. The van der Waals surface area contributed by atoms with Crippen LogP contribution in [0.25, 0.3) is 0 Å². The van der Waals surface area contributed by atoms with Gasteiger partial charge in [0.05, 0.1) is 5.92 Å². The van der Waals surface area contributed by atoms with E-state index in [2.05, 4.69) is 15.6 Å². The van der Waals surface area contributed by atoms with Crippen LogP contribution in [0.4, 0.5) is 4.79 Å². The van der Waals surface area contributed by atoms with E-state index in [0.717, 1.165) is 17.5 Å². The molecular formula is C14H21N3O3. The predicted molar refractivity (Wildman–Crippen MR) is 75.2 cm³/mol. The van der Waals surface area contributed by atoms with E-state index in [0.29, 0.717) is 13.0 Å². The van der Waals surface area contributed by atoms with Gasteiger partial charge in [-0.1, -0.05) is 13.3 Å². The van der Waals surface area contributed by atoms with Gasteiger partial charge >= 0.3 is 12.0 Å². The van der Waals surface area contributed by atoms with Crippen LogP contribution >= 0.6 is 0 Å². The third-order valence-corrected chi connectivity index (χ3v) is 3.08. The molecule has 1 unspecified atom stereocenters. The molecule has 20 heavy (non-hydrogen) atoms. The van der Waals surface area contributed by atoms with Gasteiger partial charge in [-0.25, -0.2) is 4.79 Å². The van der Waals surface area contributed by atoms with Crippen LogP contribution in [0.5, 0.6) is 0 Å². The Morgan fingerprint density at radius 1 is 1.40 bits per heavy atom. The van der Waals surface area contributed by atoms with E-state index in [9.17, 15) is 9.59 Å². The van der Waals surface area contributed by atoms with Gasteiger partial charge in [0.2, 0.25) is 0 Å². The smallest absolute Gasteiger partial charge is 0.315 e. The molecule has 0 aromatic carbocycles. The highest BCUT2D eigenvalue weighted by Crippen LogP contribution is 2.05. The van der Waals surface area contributed by atoms with E-state index in [1.807, 2.05) is 19.9 Å². The third-order valence-electron chi connectivity index (χ3n) is 3.08. The lowest BCUT2D eigenvalue weighted by atomic mass is 10.0. The van der Waals surface area contributed by atoms with Crippen molar-refractivity contribution in [1.29, 1.82) is 0 Å². The minimum atomic E-state index is -0.879. The van der Waals surface area contributed by atoms with E-state index in [-0.39, 0.29) is 12.6 Å². The molecule has 1 aromatic rings. The minimum absolute atomic E-state index is 0.140. The standard InChI is InChI=1S/C14H21N3O3/c1-3-4-11(13(18)19)8-16-14(20)17-9-12-7-15-6-5-10(12)2/h5-7,11H,3-4,8-9H2,1-2H3,(H,18,19)(H2,16,17,20). The molecule has 0 bridgehead atoms. The fourth-order valence-electron chi connectivity index (χ4n) is 1.80. The molecule has 0 aliphatic carbocycles. The SMILES string of the molecule is CCCC(CNC(=O)NCc1cnccc1C)C(=O)O. The molecule has 6 heteroatoms. The monoisotopic (exact) mass is 279 g/mol. The summed E-state index contributed by atoms with van der Waals surface area (Å²) < 4.78 is 0. The summed E-state index contributed by atoms with van der Waals surface area (Å²) in [7, 11) is 0. The van der Waals surface area contributed by atoms with Crippen molar-refractivity contribution >= 4 is 12.0 Å². The van der Waals surface area contributed by atoms with Crippen LogP contribution in [0.15, 0.2) is 18.5 Å². The zero-order chi connectivity index (χ0) is 15.0. The Labute approximate surface area is 118 Å². The van der Waals surface area contributed by atoms with Crippen molar-refractivity contribution in [2.24, 2.45) is 5.92 Å². The summed E-state index contributed by atoms with van der Waals surface area (Å²) >= 11 is 0. The fraction of sp³-hybridized carbons (Fsp3) is 0.500.